The first-order valence-electron chi connectivity index (χ1n) is 5.22. The van der Waals surface area contributed by atoms with Crippen LogP contribution in [0.15, 0.2) is 0 Å². The number of hydrogen-bond acceptors (Lipinski definition) is 6. The lowest BCUT2D eigenvalue weighted by Crippen LogP contribution is -2.49. The van der Waals surface area contributed by atoms with Crippen molar-refractivity contribution in [1.82, 2.24) is 4.90 Å². The third-order valence-electron chi connectivity index (χ3n) is 2.22. The fourth-order valence-corrected chi connectivity index (χ4v) is 2.53. The molecule has 1 fully saturated rings. The van der Waals surface area contributed by atoms with E-state index >= 15 is 0 Å². The number of ketones is 1. The molecular formula is C10H19NO4S. The van der Waals surface area contributed by atoms with Gasteiger partial charge >= 0.3 is 0 Å². The minimum atomic E-state index is -1.08. The molecule has 0 radical (unpaired) electrons. The first kappa shape index (κ1) is 13.9. The van der Waals surface area contributed by atoms with Gasteiger partial charge < -0.3 is 19.5 Å². The topological polar surface area (TPSA) is 59.0 Å². The Morgan fingerprint density at radius 1 is 1.50 bits per heavy atom. The summed E-state index contributed by atoms with van der Waals surface area (Å²) in [5.41, 5.74) is 0. The number of aliphatic hydroxyl groups is 1. The number of ether oxygens (including phenoxy) is 2. The maximum Gasteiger partial charge on any atom is 0.245 e. The van der Waals surface area contributed by atoms with Crippen LogP contribution in [0, 0.1) is 0 Å². The summed E-state index contributed by atoms with van der Waals surface area (Å²) in [6.45, 7) is 2.50. The second-order valence-corrected chi connectivity index (χ2v) is 5.31. The molecule has 1 aliphatic heterocycles. The van der Waals surface area contributed by atoms with Crippen LogP contribution in [0.5, 0.6) is 0 Å². The fourth-order valence-electron chi connectivity index (χ4n) is 1.26. The van der Waals surface area contributed by atoms with Crippen LogP contribution in [0.1, 0.15) is 6.92 Å². The monoisotopic (exact) mass is 249 g/mol. The summed E-state index contributed by atoms with van der Waals surface area (Å²) in [6, 6.07) is 0. The van der Waals surface area contributed by atoms with Crippen LogP contribution >= 0.6 is 11.8 Å². The van der Waals surface area contributed by atoms with Crippen molar-refractivity contribution in [2.45, 2.75) is 18.1 Å². The molecule has 6 heteroatoms. The Morgan fingerprint density at radius 2 is 2.06 bits per heavy atom. The smallest absolute Gasteiger partial charge is 0.245 e. The predicted octanol–water partition coefficient (Wildman–Crippen LogP) is -0.0683. The average molecular weight is 249 g/mol. The number of rotatable bonds is 5. The van der Waals surface area contributed by atoms with E-state index in [9.17, 15) is 9.90 Å². The van der Waals surface area contributed by atoms with Gasteiger partial charge in [0.2, 0.25) is 5.12 Å². The molecule has 0 bridgehead atoms. The first-order valence-corrected chi connectivity index (χ1v) is 6.21. The molecule has 1 saturated heterocycles. The molecule has 0 aromatic heterocycles. The molecule has 94 valence electrons. The van der Waals surface area contributed by atoms with Gasteiger partial charge in [-0.2, -0.15) is 0 Å². The van der Waals surface area contributed by atoms with Crippen LogP contribution in [0.2, 0.25) is 0 Å². The van der Waals surface area contributed by atoms with E-state index in [4.69, 9.17) is 9.47 Å². The van der Waals surface area contributed by atoms with Crippen molar-refractivity contribution in [3.05, 3.63) is 0 Å². The zero-order valence-electron chi connectivity index (χ0n) is 9.93. The lowest BCUT2D eigenvalue weighted by atomic mass is 10.3. The summed E-state index contributed by atoms with van der Waals surface area (Å²) in [5.74, 6) is 0.677. The maximum absolute atomic E-state index is 11.0. The molecule has 0 amide bonds. The SMILES string of the molecule is CC(O)C1(SCCN(C)C)OCC(=O)CO1. The van der Waals surface area contributed by atoms with Crippen LogP contribution in [-0.4, -0.2) is 66.6 Å². The van der Waals surface area contributed by atoms with Crippen LogP contribution in [0.3, 0.4) is 0 Å². The van der Waals surface area contributed by atoms with Crippen molar-refractivity contribution in [3.63, 3.8) is 0 Å². The molecular weight excluding hydrogens is 230 g/mol. The zero-order chi connectivity index (χ0) is 12.2. The molecule has 0 spiro atoms. The molecule has 1 heterocycles. The normalized spacial score (nSPS) is 22.4. The van der Waals surface area contributed by atoms with Gasteiger partial charge in [0.25, 0.3) is 0 Å². The van der Waals surface area contributed by atoms with Crippen LogP contribution in [-0.2, 0) is 14.3 Å². The largest absolute Gasteiger partial charge is 0.387 e. The van der Waals surface area contributed by atoms with Crippen molar-refractivity contribution < 1.29 is 19.4 Å². The molecule has 0 aromatic carbocycles. The van der Waals surface area contributed by atoms with Crippen molar-refractivity contribution in [2.75, 3.05) is 39.6 Å². The van der Waals surface area contributed by atoms with Crippen molar-refractivity contribution in [2.24, 2.45) is 0 Å². The van der Waals surface area contributed by atoms with Crippen molar-refractivity contribution in [1.29, 1.82) is 0 Å². The maximum atomic E-state index is 11.0. The van der Waals surface area contributed by atoms with Crippen molar-refractivity contribution >= 4 is 17.5 Å². The minimum absolute atomic E-state index is 0.0138. The van der Waals surface area contributed by atoms with Gasteiger partial charge in [-0.3, -0.25) is 4.79 Å². The van der Waals surface area contributed by atoms with E-state index in [-0.39, 0.29) is 19.0 Å². The predicted molar refractivity (Wildman–Crippen MR) is 62.3 cm³/mol. The van der Waals surface area contributed by atoms with Gasteiger partial charge in [-0.1, -0.05) is 11.8 Å². The second kappa shape index (κ2) is 5.97. The molecule has 1 atom stereocenters. The van der Waals surface area contributed by atoms with E-state index in [1.807, 2.05) is 19.0 Å². The third kappa shape index (κ3) is 3.71. The van der Waals surface area contributed by atoms with E-state index in [0.717, 1.165) is 12.3 Å². The van der Waals surface area contributed by atoms with E-state index in [1.54, 1.807) is 6.92 Å². The zero-order valence-corrected chi connectivity index (χ0v) is 10.7. The third-order valence-corrected chi connectivity index (χ3v) is 3.59. The lowest BCUT2D eigenvalue weighted by molar-refractivity contribution is -0.236. The van der Waals surface area contributed by atoms with Gasteiger partial charge in [0.05, 0.1) is 0 Å². The Hall–Kier alpha value is -0.140. The first-order chi connectivity index (χ1) is 7.46. The van der Waals surface area contributed by atoms with Gasteiger partial charge in [0.1, 0.15) is 19.3 Å². The van der Waals surface area contributed by atoms with Crippen molar-refractivity contribution in [3.8, 4) is 0 Å². The molecule has 0 saturated carbocycles. The van der Waals surface area contributed by atoms with E-state index in [2.05, 4.69) is 0 Å². The molecule has 1 aliphatic rings. The summed E-state index contributed by atoms with van der Waals surface area (Å²) >= 11 is 1.39. The number of Topliss-reactive ketones (excluding diaryl/α,β-unsaturated/α-hetero) is 1. The van der Waals surface area contributed by atoms with Crippen LogP contribution < -0.4 is 0 Å². The summed E-state index contributed by atoms with van der Waals surface area (Å²) in [5, 5.41) is 8.60. The van der Waals surface area contributed by atoms with E-state index < -0.39 is 11.2 Å². The quantitative estimate of drug-likeness (QED) is 0.736. The van der Waals surface area contributed by atoms with Gasteiger partial charge in [-0.25, -0.2) is 0 Å². The molecule has 1 unspecified atom stereocenters. The number of carbonyl (C=O) groups excluding carboxylic acids is 1. The summed E-state index contributed by atoms with van der Waals surface area (Å²) in [7, 11) is 3.95. The summed E-state index contributed by atoms with van der Waals surface area (Å²) in [6.07, 6.45) is -0.771. The summed E-state index contributed by atoms with van der Waals surface area (Å²) in [4.78, 5) is 13.0. The minimum Gasteiger partial charge on any atom is -0.387 e. The Labute approximate surface area is 100 Å². The average Bonchev–Trinajstić information content (AvgIpc) is 2.20. The van der Waals surface area contributed by atoms with Gasteiger partial charge in [-0.05, 0) is 21.0 Å². The molecule has 1 N–H and O–H groups in total. The standard InChI is InChI=1S/C10H19NO4S/c1-8(12)10(16-5-4-11(2)3)14-6-9(13)7-15-10/h8,12H,4-7H2,1-3H3. The number of carbonyl (C=O) groups is 1. The second-order valence-electron chi connectivity index (χ2n) is 4.05. The number of thioether (sulfide) groups is 1. The van der Waals surface area contributed by atoms with E-state index in [1.165, 1.54) is 11.8 Å². The fraction of sp³-hybridized carbons (Fsp3) is 0.900. The number of aliphatic hydroxyl groups excluding tert-OH is 1. The Bertz CT molecular complexity index is 235. The number of hydrogen-bond donors (Lipinski definition) is 1. The van der Waals surface area contributed by atoms with Crippen LogP contribution in [0.4, 0.5) is 0 Å². The van der Waals surface area contributed by atoms with Crippen LogP contribution in [0.25, 0.3) is 0 Å². The highest BCUT2D eigenvalue weighted by Crippen LogP contribution is 2.34. The highest BCUT2D eigenvalue weighted by atomic mass is 32.2. The lowest BCUT2D eigenvalue weighted by Gasteiger charge is -2.38. The highest BCUT2D eigenvalue weighted by Gasteiger charge is 2.42. The number of nitrogens with zero attached hydrogens (tertiary/aromatic N) is 1. The van der Waals surface area contributed by atoms with Gasteiger partial charge in [0.15, 0.2) is 5.78 Å². The van der Waals surface area contributed by atoms with Gasteiger partial charge in [0, 0.05) is 12.3 Å². The van der Waals surface area contributed by atoms with E-state index in [0.29, 0.717) is 0 Å². The molecule has 0 aliphatic carbocycles. The molecule has 16 heavy (non-hydrogen) atoms. The van der Waals surface area contributed by atoms with Gasteiger partial charge in [-0.15, -0.1) is 0 Å². The molecule has 0 aromatic rings. The summed E-state index contributed by atoms with van der Waals surface area (Å²) < 4.78 is 10.7. The highest BCUT2D eigenvalue weighted by molar-refractivity contribution is 8.00. The molecule has 1 rings (SSSR count). The Kier molecular flexibility index (Phi) is 5.20. The Morgan fingerprint density at radius 3 is 2.50 bits per heavy atom. The molecule has 5 nitrogen and oxygen atoms in total. The Balaban J connectivity index is 2.49.